The van der Waals surface area contributed by atoms with Gasteiger partial charge in [0.25, 0.3) is 0 Å². The zero-order chi connectivity index (χ0) is 44.2. The zero-order valence-corrected chi connectivity index (χ0v) is 26.3. The van der Waals surface area contributed by atoms with E-state index in [1.165, 1.54) is 0 Å². The van der Waals surface area contributed by atoms with Gasteiger partial charge in [-0.15, -0.1) is 0 Å². The average molecular weight is 870 g/mol. The molecule has 0 aliphatic carbocycles. The Balaban J connectivity index is 2.15. The fraction of sp³-hybridized carbons (Fsp3) is 0.533. The third-order valence-corrected chi connectivity index (χ3v) is 7.71. The van der Waals surface area contributed by atoms with Gasteiger partial charge in [0.15, 0.2) is 0 Å². The van der Waals surface area contributed by atoms with E-state index in [9.17, 15) is 114 Å². The van der Waals surface area contributed by atoms with Crippen LogP contribution < -0.4 is 0 Å². The first-order chi connectivity index (χ1) is 24.6. The lowest BCUT2D eigenvalue weighted by Gasteiger charge is -2.39. The van der Waals surface area contributed by atoms with Crippen molar-refractivity contribution in [3.8, 4) is 11.8 Å². The van der Waals surface area contributed by atoms with Crippen molar-refractivity contribution in [3.63, 3.8) is 0 Å². The maximum atomic E-state index is 14.0. The first-order valence-corrected chi connectivity index (χ1v) is 14.2. The number of hydrogen-bond donors (Lipinski definition) is 0. The van der Waals surface area contributed by atoms with Gasteiger partial charge < -0.3 is 0 Å². The van der Waals surface area contributed by atoms with Gasteiger partial charge in [-0.2, -0.15) is 114 Å². The Morgan fingerprint density at radius 2 is 0.500 bits per heavy atom. The summed E-state index contributed by atoms with van der Waals surface area (Å²) in [7, 11) is 0. The van der Waals surface area contributed by atoms with Gasteiger partial charge in [-0.1, -0.05) is 36.1 Å². The molecule has 0 unspecified atom stereocenters. The quantitative estimate of drug-likeness (QED) is 0.131. The summed E-state index contributed by atoms with van der Waals surface area (Å²) in [4.78, 5) is 0. The molecule has 0 aliphatic rings. The average Bonchev–Trinajstić information content (AvgIpc) is 3.04. The van der Waals surface area contributed by atoms with E-state index >= 15 is 0 Å². The first-order valence-electron chi connectivity index (χ1n) is 14.2. The van der Waals surface area contributed by atoms with Crippen LogP contribution >= 0.6 is 0 Å². The third kappa shape index (κ3) is 8.00. The van der Waals surface area contributed by atoms with Crippen LogP contribution in [0.4, 0.5) is 114 Å². The highest BCUT2D eigenvalue weighted by atomic mass is 19.4. The van der Waals surface area contributed by atoms with Crippen LogP contribution in [0.25, 0.3) is 0 Å². The summed E-state index contributed by atoms with van der Waals surface area (Å²) in [6, 6.07) is 6.77. The molecule has 56 heavy (non-hydrogen) atoms. The van der Waals surface area contributed by atoms with Crippen LogP contribution in [0.2, 0.25) is 0 Å². The SMILES string of the molecule is FC(F)(F)C(F)(F)C(F)(F)C(F)(F)C(F)(F)C(F)(F)CCc1ccc(C#Cc2ccc(CCC(F)(F)C(F)(F)C(F)(F)C(F)(F)C(F)(F)C(F)(F)F)cc2)cc1. The molecule has 2 aromatic rings. The van der Waals surface area contributed by atoms with Gasteiger partial charge in [0.1, 0.15) is 0 Å². The molecule has 2 aromatic carbocycles. The van der Waals surface area contributed by atoms with Crippen molar-refractivity contribution in [1.82, 2.24) is 0 Å². The van der Waals surface area contributed by atoms with Gasteiger partial charge in [-0.3, -0.25) is 0 Å². The Bertz CT molecular complexity index is 1590. The summed E-state index contributed by atoms with van der Waals surface area (Å²) in [5.41, 5.74) is -1.15. The van der Waals surface area contributed by atoms with E-state index in [4.69, 9.17) is 0 Å². The number of benzene rings is 2. The molecular formula is C30H16F26. The Morgan fingerprint density at radius 3 is 0.714 bits per heavy atom. The molecular weight excluding hydrogens is 854 g/mol. The van der Waals surface area contributed by atoms with Gasteiger partial charge in [-0.25, -0.2) is 0 Å². The molecule has 0 heterocycles. The van der Waals surface area contributed by atoms with Crippen LogP contribution in [0, 0.1) is 11.8 Å². The standard InChI is InChI=1S/C30H16F26/c31-19(32,21(35,36)23(39,40)25(43,44)27(47,48)29(51,52)53)13-11-17-7-3-15(4-8-17)1-2-16-5-9-18(10-6-16)12-14-20(33,34)22(37,38)24(41,42)26(45,46)28(49,50)30(54,55)56/h3-10H,11-14H2. The number of hydrogen-bond acceptors (Lipinski definition) is 0. The van der Waals surface area contributed by atoms with Crippen molar-refractivity contribution in [2.24, 2.45) is 0 Å². The molecule has 0 bridgehead atoms. The van der Waals surface area contributed by atoms with Gasteiger partial charge in [0.05, 0.1) is 0 Å². The summed E-state index contributed by atoms with van der Waals surface area (Å²) in [5, 5.41) is 0. The molecule has 2 rings (SSSR count). The molecule has 0 spiro atoms. The minimum atomic E-state index is -8.06. The monoisotopic (exact) mass is 870 g/mol. The van der Waals surface area contributed by atoms with Crippen molar-refractivity contribution >= 4 is 0 Å². The molecule has 0 radical (unpaired) electrons. The van der Waals surface area contributed by atoms with Crippen molar-refractivity contribution < 1.29 is 114 Å². The summed E-state index contributed by atoms with van der Waals surface area (Å²) in [6.07, 6.45) is -23.0. The molecule has 0 aromatic heterocycles. The summed E-state index contributed by atoms with van der Waals surface area (Å²) in [6.45, 7) is 0. The highest BCUT2D eigenvalue weighted by Crippen LogP contribution is 2.62. The number of halogens is 26. The van der Waals surface area contributed by atoms with Gasteiger partial charge in [-0.05, 0) is 48.2 Å². The maximum Gasteiger partial charge on any atom is 0.460 e. The molecule has 26 heteroatoms. The van der Waals surface area contributed by atoms with Gasteiger partial charge in [0.2, 0.25) is 0 Å². The van der Waals surface area contributed by atoms with Crippen molar-refractivity contribution in [3.05, 3.63) is 70.8 Å². The minimum absolute atomic E-state index is 0.105. The Labute approximate surface area is 294 Å². The van der Waals surface area contributed by atoms with Crippen molar-refractivity contribution in [2.45, 2.75) is 97.3 Å². The van der Waals surface area contributed by atoms with Crippen LogP contribution in [-0.4, -0.2) is 71.6 Å². The van der Waals surface area contributed by atoms with Crippen LogP contribution in [-0.2, 0) is 12.8 Å². The topological polar surface area (TPSA) is 0 Å². The Morgan fingerprint density at radius 1 is 0.286 bits per heavy atom. The Kier molecular flexibility index (Phi) is 12.5. The predicted molar refractivity (Wildman–Crippen MR) is 137 cm³/mol. The fourth-order valence-corrected chi connectivity index (χ4v) is 4.17. The van der Waals surface area contributed by atoms with E-state index in [0.717, 1.165) is 48.5 Å². The number of rotatable bonds is 14. The fourth-order valence-electron chi connectivity index (χ4n) is 4.17. The molecule has 0 saturated heterocycles. The second-order valence-corrected chi connectivity index (χ2v) is 11.6. The van der Waals surface area contributed by atoms with E-state index < -0.39 is 108 Å². The highest BCUT2D eigenvalue weighted by molar-refractivity contribution is 5.44. The lowest BCUT2D eigenvalue weighted by molar-refractivity contribution is -0.440. The molecule has 318 valence electrons. The molecule has 0 nitrogen and oxygen atoms in total. The molecule has 0 aliphatic heterocycles. The minimum Gasteiger partial charge on any atom is -0.200 e. The van der Waals surface area contributed by atoms with Crippen LogP contribution in [0.1, 0.15) is 35.1 Å². The second-order valence-electron chi connectivity index (χ2n) is 11.6. The zero-order valence-electron chi connectivity index (χ0n) is 26.3. The van der Waals surface area contributed by atoms with Crippen LogP contribution in [0.15, 0.2) is 48.5 Å². The predicted octanol–water partition coefficient (Wildman–Crippen LogP) is 12.4. The van der Waals surface area contributed by atoms with Crippen molar-refractivity contribution in [2.75, 3.05) is 0 Å². The van der Waals surface area contributed by atoms with Crippen molar-refractivity contribution in [1.29, 1.82) is 0 Å². The van der Waals surface area contributed by atoms with E-state index in [0.29, 0.717) is 0 Å². The maximum absolute atomic E-state index is 14.0. The molecule has 0 amide bonds. The smallest absolute Gasteiger partial charge is 0.200 e. The first kappa shape index (κ1) is 48.3. The highest BCUT2D eigenvalue weighted by Gasteiger charge is 2.92. The molecule has 0 fully saturated rings. The van der Waals surface area contributed by atoms with E-state index in [1.54, 1.807) is 0 Å². The van der Waals surface area contributed by atoms with Gasteiger partial charge >= 0.3 is 71.6 Å². The molecule has 0 saturated carbocycles. The second kappa shape index (κ2) is 14.5. The lowest BCUT2D eigenvalue weighted by Crippen LogP contribution is -2.70. The molecule has 0 N–H and O–H groups in total. The number of aryl methyl sites for hydroxylation is 2. The summed E-state index contributed by atoms with van der Waals surface area (Å²) < 4.78 is 345. The summed E-state index contributed by atoms with van der Waals surface area (Å²) in [5.74, 6) is -70.7. The third-order valence-electron chi connectivity index (χ3n) is 7.71. The lowest BCUT2D eigenvalue weighted by atomic mass is 9.91. The van der Waals surface area contributed by atoms with Gasteiger partial charge in [0, 0.05) is 24.0 Å². The van der Waals surface area contributed by atoms with E-state index in [1.807, 2.05) is 0 Å². The van der Waals surface area contributed by atoms with E-state index in [-0.39, 0.29) is 11.1 Å². The van der Waals surface area contributed by atoms with Crippen LogP contribution in [0.5, 0.6) is 0 Å². The van der Waals surface area contributed by atoms with E-state index in [2.05, 4.69) is 11.8 Å². The molecule has 0 atom stereocenters. The number of alkyl halides is 26. The Hall–Kier alpha value is -3.82. The normalized spacial score (nSPS) is 15.1. The largest absolute Gasteiger partial charge is 0.460 e. The van der Waals surface area contributed by atoms with Crippen LogP contribution in [0.3, 0.4) is 0 Å². The summed E-state index contributed by atoms with van der Waals surface area (Å²) >= 11 is 0.